The Bertz CT molecular complexity index is 380. The lowest BCUT2D eigenvalue weighted by Crippen LogP contribution is -2.45. The van der Waals surface area contributed by atoms with Crippen LogP contribution in [0.5, 0.6) is 0 Å². The minimum absolute atomic E-state index is 0.113. The second kappa shape index (κ2) is 5.83. The fourth-order valence-corrected chi connectivity index (χ4v) is 3.18. The van der Waals surface area contributed by atoms with Crippen molar-refractivity contribution in [2.45, 2.75) is 57.4 Å². The Balaban J connectivity index is 1.93. The molecule has 0 bridgehead atoms. The van der Waals surface area contributed by atoms with Crippen LogP contribution in [0.2, 0.25) is 0 Å². The molecule has 1 aliphatic carbocycles. The fourth-order valence-electron chi connectivity index (χ4n) is 3.18. The Morgan fingerprint density at radius 2 is 2.06 bits per heavy atom. The highest BCUT2D eigenvalue weighted by Gasteiger charge is 2.31. The van der Waals surface area contributed by atoms with Crippen molar-refractivity contribution >= 4 is 0 Å². The maximum absolute atomic E-state index is 13.2. The predicted molar refractivity (Wildman–Crippen MR) is 73.9 cm³/mol. The van der Waals surface area contributed by atoms with Crippen LogP contribution in [-0.2, 0) is 6.42 Å². The third kappa shape index (κ3) is 3.55. The zero-order valence-corrected chi connectivity index (χ0v) is 11.3. The Labute approximate surface area is 110 Å². The Hall–Kier alpha value is -0.890. The second-order valence-electron chi connectivity index (χ2n) is 5.90. The lowest BCUT2D eigenvalue weighted by molar-refractivity contribution is 0.223. The van der Waals surface area contributed by atoms with Crippen LogP contribution in [0.3, 0.4) is 0 Å². The van der Waals surface area contributed by atoms with Crippen molar-refractivity contribution in [2.75, 3.05) is 0 Å². The smallest absolute Gasteiger partial charge is 0.123 e. The van der Waals surface area contributed by atoms with Crippen molar-refractivity contribution in [1.29, 1.82) is 0 Å². The topological polar surface area (TPSA) is 26.0 Å². The van der Waals surface area contributed by atoms with E-state index in [1.165, 1.54) is 31.7 Å². The summed E-state index contributed by atoms with van der Waals surface area (Å²) in [7, 11) is 0. The van der Waals surface area contributed by atoms with Crippen LogP contribution < -0.4 is 5.73 Å². The van der Waals surface area contributed by atoms with Gasteiger partial charge in [-0.25, -0.2) is 4.39 Å². The van der Waals surface area contributed by atoms with Crippen LogP contribution in [0.4, 0.5) is 4.39 Å². The van der Waals surface area contributed by atoms with Gasteiger partial charge in [-0.1, -0.05) is 31.9 Å². The Kier molecular flexibility index (Phi) is 4.39. The highest BCUT2D eigenvalue weighted by molar-refractivity contribution is 5.19. The van der Waals surface area contributed by atoms with E-state index in [0.717, 1.165) is 30.7 Å². The zero-order valence-electron chi connectivity index (χ0n) is 11.3. The maximum atomic E-state index is 13.2. The number of benzene rings is 1. The van der Waals surface area contributed by atoms with Crippen LogP contribution in [-0.4, -0.2) is 5.54 Å². The first-order chi connectivity index (χ1) is 8.61. The van der Waals surface area contributed by atoms with Gasteiger partial charge in [0.2, 0.25) is 0 Å². The summed E-state index contributed by atoms with van der Waals surface area (Å²) in [5.41, 5.74) is 7.40. The van der Waals surface area contributed by atoms with Gasteiger partial charge < -0.3 is 5.73 Å². The summed E-state index contributed by atoms with van der Waals surface area (Å²) in [5, 5.41) is 0. The van der Waals surface area contributed by atoms with Crippen LogP contribution in [0, 0.1) is 11.7 Å². The molecule has 1 aliphatic rings. The van der Waals surface area contributed by atoms with E-state index in [4.69, 9.17) is 5.73 Å². The quantitative estimate of drug-likeness (QED) is 0.855. The number of nitrogens with two attached hydrogens (primary N) is 1. The first-order valence-corrected chi connectivity index (χ1v) is 7.15. The molecule has 0 aromatic heterocycles. The Morgan fingerprint density at radius 3 is 2.67 bits per heavy atom. The monoisotopic (exact) mass is 249 g/mol. The summed E-state index contributed by atoms with van der Waals surface area (Å²) in [4.78, 5) is 0. The molecule has 0 unspecified atom stereocenters. The van der Waals surface area contributed by atoms with E-state index in [1.807, 2.05) is 6.07 Å². The van der Waals surface area contributed by atoms with Gasteiger partial charge in [0.05, 0.1) is 0 Å². The summed E-state index contributed by atoms with van der Waals surface area (Å²) < 4.78 is 13.2. The molecule has 2 rings (SSSR count). The van der Waals surface area contributed by atoms with Gasteiger partial charge in [-0.05, 0) is 55.7 Å². The van der Waals surface area contributed by atoms with Gasteiger partial charge in [-0.3, -0.25) is 0 Å². The average molecular weight is 249 g/mol. The largest absolute Gasteiger partial charge is 0.325 e. The van der Waals surface area contributed by atoms with Crippen molar-refractivity contribution in [2.24, 2.45) is 11.7 Å². The van der Waals surface area contributed by atoms with Gasteiger partial charge in [0.1, 0.15) is 5.82 Å². The third-order valence-corrected chi connectivity index (χ3v) is 4.24. The predicted octanol–water partition coefficient (Wildman–Crippen LogP) is 4.06. The lowest BCUT2D eigenvalue weighted by Gasteiger charge is -2.37. The standard InChI is InChI=1S/C16H24FN/c1-2-4-13-7-9-16(18,10-8-13)12-14-5-3-6-15(17)11-14/h3,5-6,11,13H,2,4,7-10,12,18H2,1H3. The zero-order chi connectivity index (χ0) is 13.0. The second-order valence-corrected chi connectivity index (χ2v) is 5.90. The van der Waals surface area contributed by atoms with E-state index in [0.29, 0.717) is 0 Å². The van der Waals surface area contributed by atoms with Crippen LogP contribution in [0.15, 0.2) is 24.3 Å². The maximum Gasteiger partial charge on any atom is 0.123 e. The highest BCUT2D eigenvalue weighted by atomic mass is 19.1. The van der Waals surface area contributed by atoms with E-state index in [1.54, 1.807) is 12.1 Å². The molecule has 0 atom stereocenters. The molecule has 1 aromatic carbocycles. The molecule has 2 heteroatoms. The van der Waals surface area contributed by atoms with E-state index in [9.17, 15) is 4.39 Å². The van der Waals surface area contributed by atoms with Crippen LogP contribution >= 0.6 is 0 Å². The molecule has 2 N–H and O–H groups in total. The molecule has 0 heterocycles. The molecule has 1 aromatic rings. The molecule has 18 heavy (non-hydrogen) atoms. The summed E-state index contributed by atoms with van der Waals surface area (Å²) >= 11 is 0. The average Bonchev–Trinajstić information content (AvgIpc) is 2.32. The van der Waals surface area contributed by atoms with Gasteiger partial charge in [0.25, 0.3) is 0 Å². The van der Waals surface area contributed by atoms with E-state index >= 15 is 0 Å². The van der Waals surface area contributed by atoms with Gasteiger partial charge >= 0.3 is 0 Å². The number of hydrogen-bond donors (Lipinski definition) is 1. The first kappa shape index (κ1) is 13.5. The van der Waals surface area contributed by atoms with Gasteiger partial charge in [0.15, 0.2) is 0 Å². The molecule has 1 nitrogen and oxygen atoms in total. The number of hydrogen-bond acceptors (Lipinski definition) is 1. The van der Waals surface area contributed by atoms with E-state index in [-0.39, 0.29) is 11.4 Å². The summed E-state index contributed by atoms with van der Waals surface area (Å²) in [6.07, 6.45) is 8.04. The summed E-state index contributed by atoms with van der Waals surface area (Å²) in [6, 6.07) is 6.87. The van der Waals surface area contributed by atoms with Crippen molar-refractivity contribution in [1.82, 2.24) is 0 Å². The van der Waals surface area contributed by atoms with Crippen molar-refractivity contribution in [3.63, 3.8) is 0 Å². The van der Waals surface area contributed by atoms with Crippen molar-refractivity contribution in [3.8, 4) is 0 Å². The number of rotatable bonds is 4. The van der Waals surface area contributed by atoms with Crippen LogP contribution in [0.1, 0.15) is 51.0 Å². The number of halogens is 1. The first-order valence-electron chi connectivity index (χ1n) is 7.15. The minimum Gasteiger partial charge on any atom is -0.325 e. The third-order valence-electron chi connectivity index (χ3n) is 4.24. The Morgan fingerprint density at radius 1 is 1.33 bits per heavy atom. The highest BCUT2D eigenvalue weighted by Crippen LogP contribution is 2.34. The summed E-state index contributed by atoms with van der Waals surface area (Å²) in [5.74, 6) is 0.704. The molecule has 0 radical (unpaired) electrons. The van der Waals surface area contributed by atoms with Crippen LogP contribution in [0.25, 0.3) is 0 Å². The molecule has 0 amide bonds. The molecule has 100 valence electrons. The van der Waals surface area contributed by atoms with E-state index in [2.05, 4.69) is 6.92 Å². The minimum atomic E-state index is -0.157. The molecule has 0 aliphatic heterocycles. The van der Waals surface area contributed by atoms with Gasteiger partial charge in [0, 0.05) is 5.54 Å². The van der Waals surface area contributed by atoms with Crippen molar-refractivity contribution in [3.05, 3.63) is 35.6 Å². The van der Waals surface area contributed by atoms with E-state index < -0.39 is 0 Å². The molecule has 0 saturated heterocycles. The van der Waals surface area contributed by atoms with Gasteiger partial charge in [-0.15, -0.1) is 0 Å². The summed E-state index contributed by atoms with van der Waals surface area (Å²) in [6.45, 7) is 2.25. The molecule has 1 fully saturated rings. The molecular weight excluding hydrogens is 225 g/mol. The SMILES string of the molecule is CCCC1CCC(N)(Cc2cccc(F)c2)CC1. The molecule has 0 spiro atoms. The van der Waals surface area contributed by atoms with Crippen molar-refractivity contribution < 1.29 is 4.39 Å². The fraction of sp³-hybridized carbons (Fsp3) is 0.625. The molecular formula is C16H24FN. The normalized spacial score (nSPS) is 28.3. The molecule has 1 saturated carbocycles. The lowest BCUT2D eigenvalue weighted by atomic mass is 9.73. The van der Waals surface area contributed by atoms with Gasteiger partial charge in [-0.2, -0.15) is 0 Å².